The number of aromatic nitrogens is 1. The second-order valence-corrected chi connectivity index (χ2v) is 5.51. The Morgan fingerprint density at radius 1 is 1.24 bits per heavy atom. The van der Waals surface area contributed by atoms with E-state index < -0.39 is 11.5 Å². The molecule has 1 heterocycles. The SMILES string of the molecule is CCOC(=O)C(N)(CSc1ccccn1)c1ccccc1. The number of ether oxygens (including phenoxy) is 1. The Labute approximate surface area is 128 Å². The van der Waals surface area contributed by atoms with Gasteiger partial charge in [0.05, 0.1) is 11.6 Å². The number of esters is 1. The van der Waals surface area contributed by atoms with E-state index in [0.717, 1.165) is 10.6 Å². The minimum Gasteiger partial charge on any atom is -0.464 e. The quantitative estimate of drug-likeness (QED) is 0.656. The molecule has 2 N–H and O–H groups in total. The zero-order chi connectivity index (χ0) is 15.1. The first-order valence-corrected chi connectivity index (χ1v) is 7.71. The average molecular weight is 302 g/mol. The zero-order valence-corrected chi connectivity index (χ0v) is 12.7. The molecule has 0 saturated heterocycles. The van der Waals surface area contributed by atoms with E-state index in [4.69, 9.17) is 10.5 Å². The predicted molar refractivity (Wildman–Crippen MR) is 83.9 cm³/mol. The maximum absolute atomic E-state index is 12.3. The van der Waals surface area contributed by atoms with Crippen molar-refractivity contribution in [2.24, 2.45) is 5.73 Å². The standard InChI is InChI=1S/C16H18N2O2S/c1-2-20-15(19)16(17,13-8-4-3-5-9-13)12-21-14-10-6-7-11-18-14/h3-11H,2,12,17H2,1H3. The molecule has 1 atom stereocenters. The van der Waals surface area contributed by atoms with Crippen LogP contribution in [0.25, 0.3) is 0 Å². The van der Waals surface area contributed by atoms with E-state index in [1.54, 1.807) is 13.1 Å². The second-order valence-electron chi connectivity index (χ2n) is 4.51. The van der Waals surface area contributed by atoms with Crippen LogP contribution >= 0.6 is 11.8 Å². The molecular formula is C16H18N2O2S. The maximum atomic E-state index is 12.3. The van der Waals surface area contributed by atoms with Crippen LogP contribution in [0.2, 0.25) is 0 Å². The molecule has 0 aliphatic carbocycles. The Hall–Kier alpha value is -1.85. The van der Waals surface area contributed by atoms with Gasteiger partial charge in [0.1, 0.15) is 5.54 Å². The molecular weight excluding hydrogens is 284 g/mol. The Morgan fingerprint density at radius 2 is 1.95 bits per heavy atom. The maximum Gasteiger partial charge on any atom is 0.331 e. The van der Waals surface area contributed by atoms with E-state index in [9.17, 15) is 4.79 Å². The minimum atomic E-state index is -1.18. The highest BCUT2D eigenvalue weighted by atomic mass is 32.2. The summed E-state index contributed by atoms with van der Waals surface area (Å²) in [5, 5.41) is 0.826. The largest absolute Gasteiger partial charge is 0.464 e. The van der Waals surface area contributed by atoms with E-state index in [0.29, 0.717) is 12.4 Å². The van der Waals surface area contributed by atoms with E-state index in [2.05, 4.69) is 4.98 Å². The van der Waals surface area contributed by atoms with Crippen LogP contribution in [0.5, 0.6) is 0 Å². The van der Waals surface area contributed by atoms with Crippen molar-refractivity contribution in [3.05, 3.63) is 60.3 Å². The fourth-order valence-electron chi connectivity index (χ4n) is 1.88. The van der Waals surface area contributed by atoms with Crippen molar-refractivity contribution < 1.29 is 9.53 Å². The summed E-state index contributed by atoms with van der Waals surface area (Å²) in [5.41, 5.74) is 5.94. The van der Waals surface area contributed by atoms with Crippen LogP contribution in [0, 0.1) is 0 Å². The van der Waals surface area contributed by atoms with E-state index >= 15 is 0 Å². The fraction of sp³-hybridized carbons (Fsp3) is 0.250. The van der Waals surface area contributed by atoms with Gasteiger partial charge in [-0.3, -0.25) is 0 Å². The molecule has 0 bridgehead atoms. The molecule has 0 radical (unpaired) electrons. The van der Waals surface area contributed by atoms with Crippen molar-refractivity contribution in [3.63, 3.8) is 0 Å². The lowest BCUT2D eigenvalue weighted by atomic mass is 9.93. The highest BCUT2D eigenvalue weighted by Crippen LogP contribution is 2.28. The van der Waals surface area contributed by atoms with Crippen LogP contribution in [-0.4, -0.2) is 23.3 Å². The van der Waals surface area contributed by atoms with E-state index in [1.807, 2.05) is 48.5 Å². The number of carbonyl (C=O) groups excluding carboxylic acids is 1. The molecule has 0 aliphatic heterocycles. The summed E-state index contributed by atoms with van der Waals surface area (Å²) in [6.07, 6.45) is 1.72. The average Bonchev–Trinajstić information content (AvgIpc) is 2.54. The molecule has 1 aromatic carbocycles. The third-order valence-electron chi connectivity index (χ3n) is 3.01. The molecule has 5 heteroatoms. The van der Waals surface area contributed by atoms with Gasteiger partial charge in [-0.25, -0.2) is 9.78 Å². The van der Waals surface area contributed by atoms with Gasteiger partial charge in [-0.15, -0.1) is 11.8 Å². The van der Waals surface area contributed by atoms with Crippen molar-refractivity contribution in [1.29, 1.82) is 0 Å². The van der Waals surface area contributed by atoms with Crippen LogP contribution in [-0.2, 0) is 15.1 Å². The van der Waals surface area contributed by atoms with Gasteiger partial charge in [0.2, 0.25) is 0 Å². The van der Waals surface area contributed by atoms with Crippen LogP contribution in [0.15, 0.2) is 59.8 Å². The summed E-state index contributed by atoms with van der Waals surface area (Å²) in [4.78, 5) is 16.5. The van der Waals surface area contributed by atoms with Gasteiger partial charge in [-0.1, -0.05) is 36.4 Å². The lowest BCUT2D eigenvalue weighted by Crippen LogP contribution is -2.48. The molecule has 0 fully saturated rings. The molecule has 1 aromatic heterocycles. The van der Waals surface area contributed by atoms with Gasteiger partial charge in [-0.2, -0.15) is 0 Å². The number of hydrogen-bond acceptors (Lipinski definition) is 5. The molecule has 0 saturated carbocycles. The van der Waals surface area contributed by atoms with Gasteiger partial charge >= 0.3 is 5.97 Å². The summed E-state index contributed by atoms with van der Waals surface area (Å²) in [7, 11) is 0. The van der Waals surface area contributed by atoms with Crippen molar-refractivity contribution in [3.8, 4) is 0 Å². The predicted octanol–water partition coefficient (Wildman–Crippen LogP) is 2.59. The minimum absolute atomic E-state index is 0.304. The first-order valence-electron chi connectivity index (χ1n) is 6.72. The third kappa shape index (κ3) is 3.83. The topological polar surface area (TPSA) is 65.2 Å². The highest BCUT2D eigenvalue weighted by molar-refractivity contribution is 7.99. The zero-order valence-electron chi connectivity index (χ0n) is 11.9. The van der Waals surface area contributed by atoms with Gasteiger partial charge in [-0.05, 0) is 24.6 Å². The van der Waals surface area contributed by atoms with Crippen molar-refractivity contribution in [2.45, 2.75) is 17.5 Å². The smallest absolute Gasteiger partial charge is 0.331 e. The molecule has 1 unspecified atom stereocenters. The number of hydrogen-bond donors (Lipinski definition) is 1. The molecule has 21 heavy (non-hydrogen) atoms. The van der Waals surface area contributed by atoms with Crippen LogP contribution in [0.4, 0.5) is 0 Å². The summed E-state index contributed by atoms with van der Waals surface area (Å²) in [6, 6.07) is 14.9. The van der Waals surface area contributed by atoms with Crippen molar-refractivity contribution in [1.82, 2.24) is 4.98 Å². The van der Waals surface area contributed by atoms with Crippen LogP contribution in [0.3, 0.4) is 0 Å². The normalized spacial score (nSPS) is 13.4. The molecule has 0 aliphatic rings. The number of nitrogens with two attached hydrogens (primary N) is 1. The van der Waals surface area contributed by atoms with Crippen LogP contribution < -0.4 is 5.73 Å². The number of nitrogens with zero attached hydrogens (tertiary/aromatic N) is 1. The highest BCUT2D eigenvalue weighted by Gasteiger charge is 2.37. The van der Waals surface area contributed by atoms with Gasteiger partial charge in [0.25, 0.3) is 0 Å². The van der Waals surface area contributed by atoms with Crippen LogP contribution in [0.1, 0.15) is 12.5 Å². The van der Waals surface area contributed by atoms with E-state index in [-0.39, 0.29) is 0 Å². The number of thioether (sulfide) groups is 1. The summed E-state index contributed by atoms with van der Waals surface area (Å²) in [5.74, 6) is -0.0491. The molecule has 2 aromatic rings. The molecule has 2 rings (SSSR count). The van der Waals surface area contributed by atoms with Gasteiger partial charge in [0, 0.05) is 11.9 Å². The lowest BCUT2D eigenvalue weighted by molar-refractivity contribution is -0.149. The molecule has 0 spiro atoms. The number of pyridine rings is 1. The summed E-state index contributed by atoms with van der Waals surface area (Å²) < 4.78 is 5.15. The Kier molecular flexibility index (Phi) is 5.36. The first-order chi connectivity index (χ1) is 10.2. The Bertz CT molecular complexity index is 577. The monoisotopic (exact) mass is 302 g/mol. The summed E-state index contributed by atoms with van der Waals surface area (Å²) in [6.45, 7) is 2.08. The van der Waals surface area contributed by atoms with Gasteiger partial charge < -0.3 is 10.5 Å². The van der Waals surface area contributed by atoms with Gasteiger partial charge in [0.15, 0.2) is 0 Å². The molecule has 4 nitrogen and oxygen atoms in total. The van der Waals surface area contributed by atoms with E-state index in [1.165, 1.54) is 11.8 Å². The second kappa shape index (κ2) is 7.24. The number of carbonyl (C=O) groups is 1. The Morgan fingerprint density at radius 3 is 2.57 bits per heavy atom. The summed E-state index contributed by atoms with van der Waals surface area (Å²) >= 11 is 1.44. The third-order valence-corrected chi connectivity index (χ3v) is 4.15. The number of benzene rings is 1. The van der Waals surface area contributed by atoms with Crippen molar-refractivity contribution >= 4 is 17.7 Å². The fourth-order valence-corrected chi connectivity index (χ4v) is 2.85. The first kappa shape index (κ1) is 15.5. The number of rotatable bonds is 6. The molecule has 110 valence electrons. The molecule has 0 amide bonds. The lowest BCUT2D eigenvalue weighted by Gasteiger charge is -2.27. The Balaban J connectivity index is 2.22. The van der Waals surface area contributed by atoms with Crippen molar-refractivity contribution in [2.75, 3.05) is 12.4 Å².